The van der Waals surface area contributed by atoms with Crippen molar-refractivity contribution in [1.82, 2.24) is 5.32 Å². The largest absolute Gasteiger partial charge is 0.464 e. The van der Waals surface area contributed by atoms with E-state index in [1.54, 1.807) is 0 Å². The number of nitrogens with one attached hydrogen (secondary N) is 1. The number of carbonyl (C=O) groups is 2. The molecule has 1 amide bonds. The van der Waals surface area contributed by atoms with Crippen LogP contribution < -0.4 is 5.32 Å². The third-order valence-corrected chi connectivity index (χ3v) is 4.91. The number of esters is 1. The first-order valence-corrected chi connectivity index (χ1v) is 9.93. The van der Waals surface area contributed by atoms with Gasteiger partial charge in [0.2, 0.25) is 5.91 Å². The van der Waals surface area contributed by atoms with Crippen LogP contribution in [0.25, 0.3) is 0 Å². The molecule has 1 atom stereocenters. The summed E-state index contributed by atoms with van der Waals surface area (Å²) in [6.07, 6.45) is 12.7. The molecule has 0 spiro atoms. The zero-order valence-corrected chi connectivity index (χ0v) is 14.7. The number of unbranched alkanes of at least 4 members (excludes halogenated alkanes) is 9. The maximum atomic E-state index is 11.8. The molecule has 1 saturated heterocycles. The summed E-state index contributed by atoms with van der Waals surface area (Å²) in [5, 5.41) is 2.67. The Hall–Kier alpha value is -0.710. The molecule has 1 rings (SSSR count). The van der Waals surface area contributed by atoms with Crippen LogP contribution in [-0.4, -0.2) is 36.0 Å². The SMILES string of the molecule is CCCCCCCCCCCCOC(=O)C1CSCC(=O)N1. The van der Waals surface area contributed by atoms with Crippen molar-refractivity contribution in [2.45, 2.75) is 77.2 Å². The van der Waals surface area contributed by atoms with Gasteiger partial charge < -0.3 is 10.1 Å². The third kappa shape index (κ3) is 9.34. The Morgan fingerprint density at radius 2 is 1.68 bits per heavy atom. The summed E-state index contributed by atoms with van der Waals surface area (Å²) in [6.45, 7) is 2.72. The Morgan fingerprint density at radius 3 is 2.27 bits per heavy atom. The zero-order valence-electron chi connectivity index (χ0n) is 13.9. The predicted octanol–water partition coefficient (Wildman–Crippen LogP) is 3.68. The first-order valence-electron chi connectivity index (χ1n) is 8.77. The van der Waals surface area contributed by atoms with Crippen LogP contribution in [0.2, 0.25) is 0 Å². The summed E-state index contributed by atoms with van der Waals surface area (Å²) in [4.78, 5) is 23.0. The van der Waals surface area contributed by atoms with Gasteiger partial charge in [0.25, 0.3) is 0 Å². The van der Waals surface area contributed by atoms with Gasteiger partial charge in [0, 0.05) is 5.75 Å². The third-order valence-electron chi connectivity index (χ3n) is 3.88. The van der Waals surface area contributed by atoms with Crippen LogP contribution in [0.1, 0.15) is 71.1 Å². The molecule has 1 unspecified atom stereocenters. The fourth-order valence-electron chi connectivity index (χ4n) is 2.54. The van der Waals surface area contributed by atoms with E-state index >= 15 is 0 Å². The molecule has 0 radical (unpaired) electrons. The first kappa shape index (κ1) is 19.3. The monoisotopic (exact) mass is 329 g/mol. The standard InChI is InChI=1S/C17H31NO3S/c1-2-3-4-5-6-7-8-9-10-11-12-21-17(20)15-13-22-14-16(19)18-15/h15H,2-14H2,1H3,(H,18,19). The Kier molecular flexibility index (Phi) is 11.2. The molecule has 5 heteroatoms. The molecule has 0 aliphatic carbocycles. The lowest BCUT2D eigenvalue weighted by molar-refractivity contribution is -0.147. The van der Waals surface area contributed by atoms with E-state index in [0.717, 1.165) is 12.8 Å². The molecular formula is C17H31NO3S. The van der Waals surface area contributed by atoms with Gasteiger partial charge in [-0.15, -0.1) is 11.8 Å². The Bertz CT molecular complexity index is 323. The molecule has 1 heterocycles. The van der Waals surface area contributed by atoms with Gasteiger partial charge in [-0.25, -0.2) is 4.79 Å². The van der Waals surface area contributed by atoms with Crippen LogP contribution in [0.3, 0.4) is 0 Å². The molecule has 1 N–H and O–H groups in total. The highest BCUT2D eigenvalue weighted by atomic mass is 32.2. The maximum absolute atomic E-state index is 11.8. The topological polar surface area (TPSA) is 55.4 Å². The van der Waals surface area contributed by atoms with Crippen LogP contribution in [0, 0.1) is 0 Å². The van der Waals surface area contributed by atoms with Crippen molar-refractivity contribution in [3.63, 3.8) is 0 Å². The van der Waals surface area contributed by atoms with Gasteiger partial charge in [0.1, 0.15) is 6.04 Å². The van der Waals surface area contributed by atoms with E-state index in [2.05, 4.69) is 12.2 Å². The van der Waals surface area contributed by atoms with E-state index in [-0.39, 0.29) is 11.9 Å². The van der Waals surface area contributed by atoms with Crippen LogP contribution in [0.5, 0.6) is 0 Å². The van der Waals surface area contributed by atoms with Crippen LogP contribution in [0.4, 0.5) is 0 Å². The number of carbonyl (C=O) groups excluding carboxylic acids is 2. The van der Waals surface area contributed by atoms with Crippen LogP contribution in [-0.2, 0) is 14.3 Å². The summed E-state index contributed by atoms with van der Waals surface area (Å²) in [6, 6.07) is -0.450. The lowest BCUT2D eigenvalue weighted by Crippen LogP contribution is -2.47. The first-order chi connectivity index (χ1) is 10.7. The second-order valence-corrected chi connectivity index (χ2v) is 7.01. The van der Waals surface area contributed by atoms with E-state index < -0.39 is 6.04 Å². The molecule has 0 aromatic carbocycles. The van der Waals surface area contributed by atoms with Crippen molar-refractivity contribution in [3.8, 4) is 0 Å². The lowest BCUT2D eigenvalue weighted by atomic mass is 10.1. The molecular weight excluding hydrogens is 298 g/mol. The van der Waals surface area contributed by atoms with E-state index in [1.807, 2.05) is 0 Å². The number of hydrogen-bond acceptors (Lipinski definition) is 4. The molecule has 1 fully saturated rings. The second-order valence-electron chi connectivity index (χ2n) is 5.98. The van der Waals surface area contributed by atoms with Crippen LogP contribution >= 0.6 is 11.8 Å². The van der Waals surface area contributed by atoms with Gasteiger partial charge in [-0.05, 0) is 6.42 Å². The molecule has 0 saturated carbocycles. The number of hydrogen-bond donors (Lipinski definition) is 1. The lowest BCUT2D eigenvalue weighted by Gasteiger charge is -2.21. The minimum absolute atomic E-state index is 0.0721. The van der Waals surface area contributed by atoms with Crippen molar-refractivity contribution in [1.29, 1.82) is 0 Å². The molecule has 4 nitrogen and oxygen atoms in total. The highest BCUT2D eigenvalue weighted by Crippen LogP contribution is 2.12. The fraction of sp³-hybridized carbons (Fsp3) is 0.882. The number of rotatable bonds is 12. The normalized spacial score (nSPS) is 18.0. The minimum Gasteiger partial charge on any atom is -0.464 e. The number of thioether (sulfide) groups is 1. The molecule has 128 valence electrons. The van der Waals surface area contributed by atoms with Gasteiger partial charge in [0.05, 0.1) is 12.4 Å². The average molecular weight is 330 g/mol. The number of ether oxygens (including phenoxy) is 1. The Labute approximate surface area is 139 Å². The van der Waals surface area contributed by atoms with E-state index in [0.29, 0.717) is 18.1 Å². The van der Waals surface area contributed by atoms with Gasteiger partial charge >= 0.3 is 5.97 Å². The van der Waals surface area contributed by atoms with Crippen molar-refractivity contribution in [2.24, 2.45) is 0 Å². The number of amides is 1. The molecule has 0 aromatic heterocycles. The second kappa shape index (κ2) is 12.8. The molecule has 0 aromatic rings. The zero-order chi connectivity index (χ0) is 16.0. The summed E-state index contributed by atoms with van der Waals surface area (Å²) >= 11 is 1.49. The van der Waals surface area contributed by atoms with Gasteiger partial charge in [-0.1, -0.05) is 64.7 Å². The Balaban J connectivity index is 1.86. The van der Waals surface area contributed by atoms with Gasteiger partial charge in [-0.3, -0.25) is 4.79 Å². The van der Waals surface area contributed by atoms with E-state index in [4.69, 9.17) is 4.74 Å². The Morgan fingerprint density at radius 1 is 1.09 bits per heavy atom. The highest BCUT2D eigenvalue weighted by molar-refractivity contribution is 8.00. The minimum atomic E-state index is -0.450. The van der Waals surface area contributed by atoms with Gasteiger partial charge in [-0.2, -0.15) is 0 Å². The van der Waals surface area contributed by atoms with E-state index in [1.165, 1.54) is 63.1 Å². The maximum Gasteiger partial charge on any atom is 0.329 e. The van der Waals surface area contributed by atoms with Crippen molar-refractivity contribution < 1.29 is 14.3 Å². The average Bonchev–Trinajstić information content (AvgIpc) is 2.52. The molecule has 0 bridgehead atoms. The van der Waals surface area contributed by atoms with Crippen molar-refractivity contribution in [3.05, 3.63) is 0 Å². The summed E-state index contributed by atoms with van der Waals surface area (Å²) in [5.74, 6) is 0.721. The smallest absolute Gasteiger partial charge is 0.329 e. The molecule has 1 aliphatic heterocycles. The fourth-order valence-corrected chi connectivity index (χ4v) is 3.38. The van der Waals surface area contributed by atoms with Crippen LogP contribution in [0.15, 0.2) is 0 Å². The summed E-state index contributed by atoms with van der Waals surface area (Å²) < 4.78 is 5.23. The predicted molar refractivity (Wildman–Crippen MR) is 92.1 cm³/mol. The highest BCUT2D eigenvalue weighted by Gasteiger charge is 2.26. The summed E-state index contributed by atoms with van der Waals surface area (Å²) in [5.41, 5.74) is 0. The quantitative estimate of drug-likeness (QED) is 0.438. The van der Waals surface area contributed by atoms with Crippen molar-refractivity contribution >= 4 is 23.6 Å². The summed E-state index contributed by atoms with van der Waals surface area (Å²) in [7, 11) is 0. The van der Waals surface area contributed by atoms with E-state index in [9.17, 15) is 9.59 Å². The molecule has 1 aliphatic rings. The van der Waals surface area contributed by atoms with Gasteiger partial charge in [0.15, 0.2) is 0 Å². The van der Waals surface area contributed by atoms with Crippen molar-refractivity contribution in [2.75, 3.05) is 18.1 Å². The molecule has 22 heavy (non-hydrogen) atoms.